The van der Waals surface area contributed by atoms with Gasteiger partial charge in [-0.25, -0.2) is 0 Å². The van der Waals surface area contributed by atoms with Crippen molar-refractivity contribution in [2.45, 2.75) is 18.1 Å². The minimum absolute atomic E-state index is 0.0161. The number of carbonyl (C=O) groups is 1. The maximum atomic E-state index is 12.9. The van der Waals surface area contributed by atoms with E-state index in [1.54, 1.807) is 7.11 Å². The molecule has 0 spiro atoms. The number of methoxy groups -OCH3 is 1. The topological polar surface area (TPSA) is 55.6 Å². The van der Waals surface area contributed by atoms with Gasteiger partial charge < -0.3 is 15.4 Å². The Bertz CT molecular complexity index is 790. The Morgan fingerprint density at radius 1 is 1.15 bits per heavy atom. The van der Waals surface area contributed by atoms with Crippen molar-refractivity contribution < 1.29 is 22.7 Å². The zero-order valence-corrected chi connectivity index (χ0v) is 14.2. The van der Waals surface area contributed by atoms with Gasteiger partial charge in [-0.15, -0.1) is 0 Å². The number of nitrogens with two attached hydrogens (primary N) is 1. The lowest BCUT2D eigenvalue weighted by atomic mass is 9.95. The van der Waals surface area contributed by atoms with E-state index in [1.807, 2.05) is 24.3 Å². The number of likely N-dealkylation sites (tertiary alicyclic amines) is 1. The fraction of sp³-hybridized carbons (Fsp3) is 0.316. The van der Waals surface area contributed by atoms with Gasteiger partial charge in [-0.2, -0.15) is 13.2 Å². The summed E-state index contributed by atoms with van der Waals surface area (Å²) in [5, 5.41) is 0. The van der Waals surface area contributed by atoms with Gasteiger partial charge in [-0.1, -0.05) is 18.2 Å². The third-order valence-corrected chi connectivity index (χ3v) is 4.63. The minimum atomic E-state index is -4.48. The first kappa shape index (κ1) is 18.3. The first-order valence-electron chi connectivity index (χ1n) is 8.15. The molecule has 2 aromatic carbocycles. The summed E-state index contributed by atoms with van der Waals surface area (Å²) in [4.78, 5) is 14.1. The van der Waals surface area contributed by atoms with Crippen LogP contribution in [-0.2, 0) is 6.18 Å². The molecular formula is C19H19F3N2O2. The lowest BCUT2D eigenvalue weighted by molar-refractivity contribution is -0.137. The molecular weight excluding hydrogens is 345 g/mol. The molecule has 2 atom stereocenters. The molecule has 1 amide bonds. The van der Waals surface area contributed by atoms with Crippen molar-refractivity contribution in [2.75, 3.05) is 20.2 Å². The molecule has 1 saturated heterocycles. The van der Waals surface area contributed by atoms with Crippen molar-refractivity contribution in [3.05, 3.63) is 65.2 Å². The standard InChI is InChI=1S/C19H19F3N2O2/c1-26-15-7-5-12(6-8-15)16-10-24(11-17(16)23)18(25)13-3-2-4-14(9-13)19(20,21)22/h2-9,16-17H,10-11,23H2,1H3. The van der Waals surface area contributed by atoms with Crippen LogP contribution in [0.3, 0.4) is 0 Å². The molecule has 138 valence electrons. The molecule has 1 aliphatic heterocycles. The predicted octanol–water partition coefficient (Wildman–Crippen LogP) is 3.28. The molecule has 26 heavy (non-hydrogen) atoms. The number of amides is 1. The zero-order chi connectivity index (χ0) is 18.9. The summed E-state index contributed by atoms with van der Waals surface area (Å²) in [5.41, 5.74) is 6.33. The van der Waals surface area contributed by atoms with E-state index < -0.39 is 17.6 Å². The van der Waals surface area contributed by atoms with Gasteiger partial charge in [0.2, 0.25) is 0 Å². The van der Waals surface area contributed by atoms with Gasteiger partial charge in [0, 0.05) is 30.6 Å². The Morgan fingerprint density at radius 3 is 2.46 bits per heavy atom. The average molecular weight is 364 g/mol. The summed E-state index contributed by atoms with van der Waals surface area (Å²) in [6, 6.07) is 11.6. The van der Waals surface area contributed by atoms with Gasteiger partial charge in [0.05, 0.1) is 12.7 Å². The number of halogens is 3. The molecule has 4 nitrogen and oxygen atoms in total. The number of rotatable bonds is 3. The monoisotopic (exact) mass is 364 g/mol. The lowest BCUT2D eigenvalue weighted by Gasteiger charge is -2.17. The molecule has 0 saturated carbocycles. The van der Waals surface area contributed by atoms with Crippen LogP contribution in [0, 0.1) is 0 Å². The Labute approximate surface area is 149 Å². The van der Waals surface area contributed by atoms with Crippen LogP contribution in [0.1, 0.15) is 27.4 Å². The molecule has 0 aromatic heterocycles. The number of benzene rings is 2. The molecule has 2 aromatic rings. The minimum Gasteiger partial charge on any atom is -0.497 e. The van der Waals surface area contributed by atoms with Crippen LogP contribution >= 0.6 is 0 Å². The van der Waals surface area contributed by atoms with Crippen molar-refractivity contribution >= 4 is 5.91 Å². The van der Waals surface area contributed by atoms with Crippen LogP contribution in [-0.4, -0.2) is 37.0 Å². The van der Waals surface area contributed by atoms with E-state index in [9.17, 15) is 18.0 Å². The van der Waals surface area contributed by atoms with Gasteiger partial charge >= 0.3 is 6.18 Å². The summed E-state index contributed by atoms with van der Waals surface area (Å²) in [6.45, 7) is 0.661. The zero-order valence-electron chi connectivity index (χ0n) is 14.2. The van der Waals surface area contributed by atoms with Crippen LogP contribution in [0.15, 0.2) is 48.5 Å². The first-order chi connectivity index (χ1) is 12.3. The maximum Gasteiger partial charge on any atom is 0.416 e. The van der Waals surface area contributed by atoms with E-state index >= 15 is 0 Å². The summed E-state index contributed by atoms with van der Waals surface area (Å²) in [7, 11) is 1.58. The highest BCUT2D eigenvalue weighted by molar-refractivity contribution is 5.94. The summed E-state index contributed by atoms with van der Waals surface area (Å²) in [6.07, 6.45) is -4.48. The summed E-state index contributed by atoms with van der Waals surface area (Å²) in [5.74, 6) is 0.204. The molecule has 1 heterocycles. The fourth-order valence-electron chi connectivity index (χ4n) is 3.21. The van der Waals surface area contributed by atoms with E-state index in [2.05, 4.69) is 0 Å². The second kappa shape index (κ2) is 6.99. The van der Waals surface area contributed by atoms with Crippen LogP contribution in [0.4, 0.5) is 13.2 Å². The van der Waals surface area contributed by atoms with E-state index in [1.165, 1.54) is 17.0 Å². The lowest BCUT2D eigenvalue weighted by Crippen LogP contribution is -2.32. The van der Waals surface area contributed by atoms with E-state index in [4.69, 9.17) is 10.5 Å². The number of hydrogen-bond acceptors (Lipinski definition) is 3. The number of carbonyl (C=O) groups excluding carboxylic acids is 1. The molecule has 1 aliphatic rings. The molecule has 3 rings (SSSR count). The molecule has 0 bridgehead atoms. The summed E-state index contributed by atoms with van der Waals surface area (Å²) < 4.78 is 43.7. The highest BCUT2D eigenvalue weighted by Gasteiger charge is 2.35. The SMILES string of the molecule is COc1ccc(C2CN(C(=O)c3cccc(C(F)(F)F)c3)CC2N)cc1. The van der Waals surface area contributed by atoms with Crippen molar-refractivity contribution in [3.8, 4) is 5.75 Å². The van der Waals surface area contributed by atoms with Crippen molar-refractivity contribution in [3.63, 3.8) is 0 Å². The van der Waals surface area contributed by atoms with Gasteiger partial charge in [-0.05, 0) is 35.9 Å². The Kier molecular flexibility index (Phi) is 4.91. The Morgan fingerprint density at radius 2 is 1.85 bits per heavy atom. The summed E-state index contributed by atoms with van der Waals surface area (Å²) >= 11 is 0. The maximum absolute atomic E-state index is 12.9. The first-order valence-corrected chi connectivity index (χ1v) is 8.15. The quantitative estimate of drug-likeness (QED) is 0.909. The van der Waals surface area contributed by atoms with Crippen LogP contribution in [0.2, 0.25) is 0 Å². The van der Waals surface area contributed by atoms with Gasteiger partial charge in [0.1, 0.15) is 5.75 Å². The normalized spacial score (nSPS) is 20.3. The number of ether oxygens (including phenoxy) is 1. The smallest absolute Gasteiger partial charge is 0.416 e. The van der Waals surface area contributed by atoms with Crippen LogP contribution in [0.5, 0.6) is 5.75 Å². The number of hydrogen-bond donors (Lipinski definition) is 1. The van der Waals surface area contributed by atoms with E-state index in [-0.39, 0.29) is 17.5 Å². The molecule has 2 unspecified atom stereocenters. The number of nitrogens with zero attached hydrogens (tertiary/aromatic N) is 1. The molecule has 1 fully saturated rings. The van der Waals surface area contributed by atoms with Crippen molar-refractivity contribution in [1.82, 2.24) is 4.90 Å². The highest BCUT2D eigenvalue weighted by Crippen LogP contribution is 2.31. The second-order valence-electron chi connectivity index (χ2n) is 6.33. The van der Waals surface area contributed by atoms with Crippen LogP contribution in [0.25, 0.3) is 0 Å². The Hall–Kier alpha value is -2.54. The van der Waals surface area contributed by atoms with Gasteiger partial charge in [-0.3, -0.25) is 4.79 Å². The van der Waals surface area contributed by atoms with Crippen LogP contribution < -0.4 is 10.5 Å². The van der Waals surface area contributed by atoms with E-state index in [0.29, 0.717) is 13.1 Å². The van der Waals surface area contributed by atoms with Crippen molar-refractivity contribution in [2.24, 2.45) is 5.73 Å². The fourth-order valence-corrected chi connectivity index (χ4v) is 3.21. The van der Waals surface area contributed by atoms with E-state index in [0.717, 1.165) is 23.4 Å². The third-order valence-electron chi connectivity index (χ3n) is 4.63. The molecule has 0 radical (unpaired) electrons. The Balaban J connectivity index is 1.77. The van der Waals surface area contributed by atoms with Gasteiger partial charge in [0.25, 0.3) is 5.91 Å². The highest BCUT2D eigenvalue weighted by atomic mass is 19.4. The largest absolute Gasteiger partial charge is 0.497 e. The third kappa shape index (κ3) is 3.67. The average Bonchev–Trinajstić information content (AvgIpc) is 3.02. The molecule has 0 aliphatic carbocycles. The number of alkyl halides is 3. The van der Waals surface area contributed by atoms with Crippen molar-refractivity contribution in [1.29, 1.82) is 0 Å². The van der Waals surface area contributed by atoms with Gasteiger partial charge in [0.15, 0.2) is 0 Å². The second-order valence-corrected chi connectivity index (χ2v) is 6.33. The predicted molar refractivity (Wildman–Crippen MR) is 91.1 cm³/mol. The molecule has 7 heteroatoms. The molecule has 2 N–H and O–H groups in total.